The lowest BCUT2D eigenvalue weighted by Crippen LogP contribution is -2.48. The molecule has 1 heterocycles. The molecule has 0 aliphatic carbocycles. The first-order valence-corrected chi connectivity index (χ1v) is 8.61. The van der Waals surface area contributed by atoms with Crippen LogP contribution in [-0.2, 0) is 16.1 Å². The third-order valence-corrected chi connectivity index (χ3v) is 4.02. The Morgan fingerprint density at radius 1 is 1.25 bits per heavy atom. The predicted molar refractivity (Wildman–Crippen MR) is 92.6 cm³/mol. The van der Waals surface area contributed by atoms with Crippen molar-refractivity contribution in [2.24, 2.45) is 5.92 Å². The summed E-state index contributed by atoms with van der Waals surface area (Å²) in [5, 5.41) is 9.25. The Balaban J connectivity index is 1.95. The Morgan fingerprint density at radius 3 is 2.58 bits per heavy atom. The van der Waals surface area contributed by atoms with Gasteiger partial charge in [-0.2, -0.15) is 0 Å². The van der Waals surface area contributed by atoms with Gasteiger partial charge < -0.3 is 19.5 Å². The number of benzene rings is 1. The molecular formula is C19H29NO4. The molecule has 1 aliphatic heterocycles. The van der Waals surface area contributed by atoms with Crippen molar-refractivity contribution in [3.63, 3.8) is 0 Å². The van der Waals surface area contributed by atoms with Crippen LogP contribution >= 0.6 is 0 Å². The molecule has 1 N–H and O–H groups in total. The highest BCUT2D eigenvalue weighted by Gasteiger charge is 2.32. The maximum absolute atomic E-state index is 12.4. The van der Waals surface area contributed by atoms with Crippen LogP contribution in [0.4, 0.5) is 4.79 Å². The Kier molecular flexibility index (Phi) is 6.63. The number of nitrogens with zero attached hydrogens (tertiary/aromatic N) is 1. The van der Waals surface area contributed by atoms with Gasteiger partial charge in [0.1, 0.15) is 5.60 Å². The van der Waals surface area contributed by atoms with E-state index in [1.807, 2.05) is 51.1 Å². The molecule has 134 valence electrons. The molecule has 0 bridgehead atoms. The first-order valence-electron chi connectivity index (χ1n) is 8.61. The molecule has 1 amide bonds. The van der Waals surface area contributed by atoms with E-state index in [0.717, 1.165) is 12.0 Å². The van der Waals surface area contributed by atoms with Gasteiger partial charge >= 0.3 is 6.09 Å². The second-order valence-corrected chi connectivity index (χ2v) is 7.42. The lowest BCUT2D eigenvalue weighted by atomic mass is 9.93. The number of likely N-dealkylation sites (tertiary alicyclic amines) is 1. The van der Waals surface area contributed by atoms with E-state index in [1.54, 1.807) is 4.90 Å². The van der Waals surface area contributed by atoms with Crippen LogP contribution < -0.4 is 0 Å². The van der Waals surface area contributed by atoms with Crippen LogP contribution in [0.1, 0.15) is 39.2 Å². The quantitative estimate of drug-likeness (QED) is 0.897. The van der Waals surface area contributed by atoms with Gasteiger partial charge in [0.05, 0.1) is 19.3 Å². The molecular weight excluding hydrogens is 306 g/mol. The molecule has 1 aromatic carbocycles. The molecule has 2 atom stereocenters. The molecule has 0 spiro atoms. The van der Waals surface area contributed by atoms with Crippen molar-refractivity contribution in [3.8, 4) is 0 Å². The molecule has 0 aromatic heterocycles. The van der Waals surface area contributed by atoms with Crippen LogP contribution in [0.25, 0.3) is 0 Å². The summed E-state index contributed by atoms with van der Waals surface area (Å²) in [6.45, 7) is 7.39. The van der Waals surface area contributed by atoms with Gasteiger partial charge in [-0.15, -0.1) is 0 Å². The minimum absolute atomic E-state index is 0.0389. The third-order valence-electron chi connectivity index (χ3n) is 4.02. The van der Waals surface area contributed by atoms with Gasteiger partial charge in [0.15, 0.2) is 0 Å². The number of carbonyl (C=O) groups is 1. The van der Waals surface area contributed by atoms with Crippen molar-refractivity contribution in [2.75, 3.05) is 19.7 Å². The molecule has 0 radical (unpaired) electrons. The number of hydrogen-bond acceptors (Lipinski definition) is 4. The summed E-state index contributed by atoms with van der Waals surface area (Å²) in [5.74, 6) is 0.233. The normalized spacial score (nSPS) is 21.6. The summed E-state index contributed by atoms with van der Waals surface area (Å²) in [5.41, 5.74) is 0.604. The highest BCUT2D eigenvalue weighted by atomic mass is 16.6. The molecule has 1 aromatic rings. The Bertz CT molecular complexity index is 512. The smallest absolute Gasteiger partial charge is 0.410 e. The highest BCUT2D eigenvalue weighted by molar-refractivity contribution is 5.68. The molecule has 1 saturated heterocycles. The number of ether oxygens (including phenoxy) is 2. The standard InChI is InChI=1S/C19H29NO4/c1-19(2,3)24-18(22)20-12-16(9-10-21)11-17(13-20)23-14-15-7-5-4-6-8-15/h4-8,16-17,21H,9-14H2,1-3H3. The van der Waals surface area contributed by atoms with Gasteiger partial charge in [-0.25, -0.2) is 4.79 Å². The topological polar surface area (TPSA) is 59.0 Å². The third kappa shape index (κ3) is 6.13. The van der Waals surface area contributed by atoms with E-state index in [4.69, 9.17) is 9.47 Å². The Labute approximate surface area is 144 Å². The van der Waals surface area contributed by atoms with Crippen molar-refractivity contribution < 1.29 is 19.4 Å². The van der Waals surface area contributed by atoms with Gasteiger partial charge in [0.25, 0.3) is 0 Å². The molecule has 5 heteroatoms. The maximum atomic E-state index is 12.4. The fraction of sp³-hybridized carbons (Fsp3) is 0.632. The monoisotopic (exact) mass is 335 g/mol. The van der Waals surface area contributed by atoms with Gasteiger partial charge in [-0.05, 0) is 45.1 Å². The number of hydrogen-bond donors (Lipinski definition) is 1. The van der Waals surface area contributed by atoms with Crippen molar-refractivity contribution in [1.82, 2.24) is 4.90 Å². The molecule has 1 aliphatic rings. The van der Waals surface area contributed by atoms with Gasteiger partial charge in [0.2, 0.25) is 0 Å². The van der Waals surface area contributed by atoms with Crippen LogP contribution in [0.2, 0.25) is 0 Å². The number of piperidine rings is 1. The lowest BCUT2D eigenvalue weighted by Gasteiger charge is -2.38. The number of carbonyl (C=O) groups excluding carboxylic acids is 1. The van der Waals surface area contributed by atoms with Crippen molar-refractivity contribution in [3.05, 3.63) is 35.9 Å². The summed E-state index contributed by atoms with van der Waals surface area (Å²) in [7, 11) is 0. The fourth-order valence-electron chi connectivity index (χ4n) is 2.93. The second-order valence-electron chi connectivity index (χ2n) is 7.42. The van der Waals surface area contributed by atoms with E-state index in [2.05, 4.69) is 0 Å². The van der Waals surface area contributed by atoms with Crippen LogP contribution in [0.15, 0.2) is 30.3 Å². The van der Waals surface area contributed by atoms with Crippen molar-refractivity contribution in [2.45, 2.75) is 51.9 Å². The van der Waals surface area contributed by atoms with E-state index < -0.39 is 5.60 Å². The zero-order valence-electron chi connectivity index (χ0n) is 14.9. The first-order chi connectivity index (χ1) is 11.4. The van der Waals surface area contributed by atoms with Crippen molar-refractivity contribution >= 4 is 6.09 Å². The fourth-order valence-corrected chi connectivity index (χ4v) is 2.93. The zero-order chi connectivity index (χ0) is 17.6. The Morgan fingerprint density at radius 2 is 1.96 bits per heavy atom. The summed E-state index contributed by atoms with van der Waals surface area (Å²) in [6, 6.07) is 10.0. The minimum atomic E-state index is -0.513. The largest absolute Gasteiger partial charge is 0.444 e. The molecule has 24 heavy (non-hydrogen) atoms. The molecule has 2 unspecified atom stereocenters. The lowest BCUT2D eigenvalue weighted by molar-refractivity contribution is -0.0425. The summed E-state index contributed by atoms with van der Waals surface area (Å²) < 4.78 is 11.5. The SMILES string of the molecule is CC(C)(C)OC(=O)N1CC(CCO)CC(OCc2ccccc2)C1. The average Bonchev–Trinajstić information content (AvgIpc) is 2.52. The number of aliphatic hydroxyl groups excluding tert-OH is 1. The Hall–Kier alpha value is -1.59. The van der Waals surface area contributed by atoms with E-state index in [-0.39, 0.29) is 24.7 Å². The number of aliphatic hydroxyl groups is 1. The van der Waals surface area contributed by atoms with Crippen LogP contribution in [0.5, 0.6) is 0 Å². The van der Waals surface area contributed by atoms with Gasteiger partial charge in [-0.1, -0.05) is 30.3 Å². The van der Waals surface area contributed by atoms with Crippen LogP contribution in [-0.4, -0.2) is 47.5 Å². The highest BCUT2D eigenvalue weighted by Crippen LogP contribution is 2.24. The zero-order valence-corrected chi connectivity index (χ0v) is 14.9. The average molecular weight is 335 g/mol. The molecule has 1 fully saturated rings. The summed E-state index contributed by atoms with van der Waals surface area (Å²) >= 11 is 0. The van der Waals surface area contributed by atoms with E-state index in [1.165, 1.54) is 0 Å². The summed E-state index contributed by atoms with van der Waals surface area (Å²) in [4.78, 5) is 14.1. The number of rotatable bonds is 5. The predicted octanol–water partition coefficient (Wildman–Crippen LogP) is 3.21. The first kappa shape index (κ1) is 18.7. The van der Waals surface area contributed by atoms with Gasteiger partial charge in [-0.3, -0.25) is 0 Å². The van der Waals surface area contributed by atoms with Crippen LogP contribution in [0, 0.1) is 5.92 Å². The second kappa shape index (κ2) is 8.49. The molecule has 2 rings (SSSR count). The van der Waals surface area contributed by atoms with Gasteiger partial charge in [0, 0.05) is 13.2 Å². The minimum Gasteiger partial charge on any atom is -0.444 e. The van der Waals surface area contributed by atoms with E-state index >= 15 is 0 Å². The maximum Gasteiger partial charge on any atom is 0.410 e. The van der Waals surface area contributed by atoms with Crippen LogP contribution in [0.3, 0.4) is 0 Å². The van der Waals surface area contributed by atoms with E-state index in [0.29, 0.717) is 26.1 Å². The number of amides is 1. The molecule has 0 saturated carbocycles. The summed E-state index contributed by atoms with van der Waals surface area (Å²) in [6.07, 6.45) is 1.18. The van der Waals surface area contributed by atoms with Crippen molar-refractivity contribution in [1.29, 1.82) is 0 Å². The van der Waals surface area contributed by atoms with E-state index in [9.17, 15) is 9.90 Å². The molecule has 5 nitrogen and oxygen atoms in total.